The number of rotatable bonds is 8. The molecule has 1 heterocycles. The van der Waals surface area contributed by atoms with Crippen LogP contribution in [0.3, 0.4) is 0 Å². The summed E-state index contributed by atoms with van der Waals surface area (Å²) in [5, 5.41) is 4.08. The molecule has 1 aliphatic rings. The molecule has 3 rings (SSSR count). The zero-order valence-corrected chi connectivity index (χ0v) is 18.4. The topological polar surface area (TPSA) is 57.2 Å². The molecule has 1 saturated heterocycles. The number of benzene rings is 2. The molecule has 0 bridgehead atoms. The molecule has 160 valence electrons. The fourth-order valence-electron chi connectivity index (χ4n) is 3.36. The van der Waals surface area contributed by atoms with E-state index in [1.54, 1.807) is 7.05 Å². The van der Waals surface area contributed by atoms with Gasteiger partial charge in [-0.3, -0.25) is 9.79 Å². The summed E-state index contributed by atoms with van der Waals surface area (Å²) < 4.78 is 5.75. The van der Waals surface area contributed by atoms with Gasteiger partial charge >= 0.3 is 0 Å². The Kier molecular flexibility index (Phi) is 7.97. The standard InChI is InChI=1S/C23H29ClN4O2/c1-25-23(27(2)14-15-30-21-11-9-20(24)10-12-21)26-16-18-5-7-19(8-6-18)17-28-13-3-4-22(28)29/h5-12H,3-4,13-17H2,1-2H3,(H,25,26). The molecule has 0 aliphatic carbocycles. The quantitative estimate of drug-likeness (QED) is 0.516. The molecule has 0 aromatic heterocycles. The van der Waals surface area contributed by atoms with Crippen LogP contribution in [0.5, 0.6) is 5.75 Å². The highest BCUT2D eigenvalue weighted by Gasteiger charge is 2.19. The van der Waals surface area contributed by atoms with Crippen LogP contribution in [0.25, 0.3) is 0 Å². The number of amides is 1. The summed E-state index contributed by atoms with van der Waals surface area (Å²) in [5.74, 6) is 1.86. The van der Waals surface area contributed by atoms with E-state index < -0.39 is 0 Å². The Morgan fingerprint density at radius 2 is 1.87 bits per heavy atom. The smallest absolute Gasteiger partial charge is 0.222 e. The van der Waals surface area contributed by atoms with Gasteiger partial charge in [-0.2, -0.15) is 0 Å². The normalized spacial score (nSPS) is 14.2. The number of halogens is 1. The van der Waals surface area contributed by atoms with Gasteiger partial charge in [0.15, 0.2) is 5.96 Å². The minimum absolute atomic E-state index is 0.257. The van der Waals surface area contributed by atoms with E-state index in [0.717, 1.165) is 30.2 Å². The first kappa shape index (κ1) is 22.0. The molecule has 2 aromatic rings. The molecule has 6 nitrogen and oxygen atoms in total. The van der Waals surface area contributed by atoms with E-state index in [4.69, 9.17) is 16.3 Å². The third-order valence-electron chi connectivity index (χ3n) is 5.10. The number of aliphatic imine (C=N–C) groups is 1. The molecule has 1 amide bonds. The van der Waals surface area contributed by atoms with E-state index in [2.05, 4.69) is 34.6 Å². The van der Waals surface area contributed by atoms with Gasteiger partial charge in [-0.15, -0.1) is 0 Å². The number of carbonyl (C=O) groups is 1. The third kappa shape index (κ3) is 6.39. The molecular weight excluding hydrogens is 400 g/mol. The van der Waals surface area contributed by atoms with Gasteiger partial charge in [0.2, 0.25) is 5.91 Å². The maximum Gasteiger partial charge on any atom is 0.222 e. The second-order valence-corrected chi connectivity index (χ2v) is 7.80. The maximum atomic E-state index is 11.8. The van der Waals surface area contributed by atoms with Crippen molar-refractivity contribution in [3.63, 3.8) is 0 Å². The monoisotopic (exact) mass is 428 g/mol. The lowest BCUT2D eigenvalue weighted by molar-refractivity contribution is -0.128. The fraction of sp³-hybridized carbons (Fsp3) is 0.391. The van der Waals surface area contributed by atoms with E-state index >= 15 is 0 Å². The number of hydrogen-bond donors (Lipinski definition) is 1. The Morgan fingerprint density at radius 3 is 2.50 bits per heavy atom. The fourth-order valence-corrected chi connectivity index (χ4v) is 3.48. The Labute approximate surface area is 183 Å². The molecular formula is C23H29ClN4O2. The number of carbonyl (C=O) groups excluding carboxylic acids is 1. The molecule has 7 heteroatoms. The first-order chi connectivity index (χ1) is 14.5. The average Bonchev–Trinajstić information content (AvgIpc) is 3.15. The lowest BCUT2D eigenvalue weighted by Gasteiger charge is -2.22. The van der Waals surface area contributed by atoms with Crippen molar-refractivity contribution < 1.29 is 9.53 Å². The van der Waals surface area contributed by atoms with Crippen LogP contribution in [-0.4, -0.2) is 55.5 Å². The number of hydrogen-bond acceptors (Lipinski definition) is 3. The average molecular weight is 429 g/mol. The van der Waals surface area contributed by atoms with Crippen LogP contribution in [0.15, 0.2) is 53.5 Å². The van der Waals surface area contributed by atoms with Crippen LogP contribution >= 0.6 is 11.6 Å². The van der Waals surface area contributed by atoms with Crippen molar-refractivity contribution in [2.24, 2.45) is 4.99 Å². The van der Waals surface area contributed by atoms with Gasteiger partial charge in [-0.1, -0.05) is 35.9 Å². The predicted molar refractivity (Wildman–Crippen MR) is 121 cm³/mol. The molecule has 30 heavy (non-hydrogen) atoms. The van der Waals surface area contributed by atoms with Crippen LogP contribution in [0.1, 0.15) is 24.0 Å². The number of ether oxygens (including phenoxy) is 1. The Balaban J connectivity index is 1.42. The zero-order valence-electron chi connectivity index (χ0n) is 17.6. The van der Waals surface area contributed by atoms with Gasteiger partial charge in [-0.25, -0.2) is 0 Å². The Morgan fingerprint density at radius 1 is 1.17 bits per heavy atom. The van der Waals surface area contributed by atoms with E-state index in [0.29, 0.717) is 37.7 Å². The van der Waals surface area contributed by atoms with E-state index in [1.807, 2.05) is 41.1 Å². The van der Waals surface area contributed by atoms with E-state index in [9.17, 15) is 4.79 Å². The van der Waals surface area contributed by atoms with Crippen LogP contribution in [-0.2, 0) is 17.9 Å². The van der Waals surface area contributed by atoms with Crippen molar-refractivity contribution in [2.45, 2.75) is 25.9 Å². The summed E-state index contributed by atoms with van der Waals surface area (Å²) in [4.78, 5) is 20.1. The highest BCUT2D eigenvalue weighted by atomic mass is 35.5. The number of nitrogens with zero attached hydrogens (tertiary/aromatic N) is 3. The number of nitrogens with one attached hydrogen (secondary N) is 1. The first-order valence-electron chi connectivity index (χ1n) is 10.2. The second-order valence-electron chi connectivity index (χ2n) is 7.36. The van der Waals surface area contributed by atoms with Crippen LogP contribution < -0.4 is 10.1 Å². The first-order valence-corrected chi connectivity index (χ1v) is 10.6. The highest BCUT2D eigenvalue weighted by Crippen LogP contribution is 2.16. The SMILES string of the molecule is CN=C(NCc1ccc(CN2CCCC2=O)cc1)N(C)CCOc1ccc(Cl)cc1. The van der Waals surface area contributed by atoms with Crippen molar-refractivity contribution in [1.29, 1.82) is 0 Å². The minimum atomic E-state index is 0.257. The number of likely N-dealkylation sites (N-methyl/N-ethyl adjacent to an activating group) is 1. The summed E-state index contributed by atoms with van der Waals surface area (Å²) in [5.41, 5.74) is 2.33. The molecule has 1 aliphatic heterocycles. The Hall–Kier alpha value is -2.73. The number of guanidine groups is 1. The summed E-state index contributed by atoms with van der Waals surface area (Å²) in [6.45, 7) is 3.49. The molecule has 1 fully saturated rings. The van der Waals surface area contributed by atoms with Crippen molar-refractivity contribution in [3.05, 3.63) is 64.7 Å². The molecule has 2 aromatic carbocycles. The van der Waals surface area contributed by atoms with Gasteiger partial charge in [0.25, 0.3) is 0 Å². The summed E-state index contributed by atoms with van der Waals surface area (Å²) in [6, 6.07) is 15.7. The molecule has 1 N–H and O–H groups in total. The lowest BCUT2D eigenvalue weighted by atomic mass is 10.1. The molecule has 0 atom stereocenters. The van der Waals surface area contributed by atoms with Crippen molar-refractivity contribution >= 4 is 23.5 Å². The lowest BCUT2D eigenvalue weighted by Crippen LogP contribution is -2.40. The zero-order chi connectivity index (χ0) is 21.3. The van der Waals surface area contributed by atoms with Crippen molar-refractivity contribution in [3.8, 4) is 5.75 Å². The molecule has 0 saturated carbocycles. The van der Waals surface area contributed by atoms with Gasteiger partial charge in [0, 0.05) is 45.2 Å². The highest BCUT2D eigenvalue weighted by molar-refractivity contribution is 6.30. The predicted octanol–water partition coefficient (Wildman–Crippen LogP) is 3.55. The van der Waals surface area contributed by atoms with Gasteiger partial charge < -0.3 is 19.9 Å². The third-order valence-corrected chi connectivity index (χ3v) is 5.35. The van der Waals surface area contributed by atoms with Gasteiger partial charge in [0.05, 0.1) is 6.54 Å². The summed E-state index contributed by atoms with van der Waals surface area (Å²) in [7, 11) is 3.76. The number of likely N-dealkylation sites (tertiary alicyclic amines) is 1. The maximum absolute atomic E-state index is 11.8. The van der Waals surface area contributed by atoms with Crippen molar-refractivity contribution in [1.82, 2.24) is 15.1 Å². The van der Waals surface area contributed by atoms with E-state index in [1.165, 1.54) is 5.56 Å². The summed E-state index contributed by atoms with van der Waals surface area (Å²) in [6.07, 6.45) is 1.65. The summed E-state index contributed by atoms with van der Waals surface area (Å²) >= 11 is 5.89. The van der Waals surface area contributed by atoms with Crippen LogP contribution in [0, 0.1) is 0 Å². The van der Waals surface area contributed by atoms with Crippen LogP contribution in [0.4, 0.5) is 0 Å². The van der Waals surface area contributed by atoms with E-state index in [-0.39, 0.29) is 5.91 Å². The molecule has 0 radical (unpaired) electrons. The second kappa shape index (κ2) is 10.9. The Bertz CT molecular complexity index is 853. The van der Waals surface area contributed by atoms with Crippen molar-refractivity contribution in [2.75, 3.05) is 33.8 Å². The van der Waals surface area contributed by atoms with Gasteiger partial charge in [0.1, 0.15) is 12.4 Å². The molecule has 0 unspecified atom stereocenters. The minimum Gasteiger partial charge on any atom is -0.492 e. The van der Waals surface area contributed by atoms with Gasteiger partial charge in [-0.05, 0) is 41.8 Å². The molecule has 0 spiro atoms. The van der Waals surface area contributed by atoms with Crippen LogP contribution in [0.2, 0.25) is 5.02 Å². The largest absolute Gasteiger partial charge is 0.492 e.